The number of hydrogen-bond donors (Lipinski definition) is 1. The van der Waals surface area contributed by atoms with Crippen LogP contribution in [0.15, 0.2) is 54.6 Å². The van der Waals surface area contributed by atoms with Crippen LogP contribution in [0.1, 0.15) is 28.4 Å². The highest BCUT2D eigenvalue weighted by Gasteiger charge is 2.19. The second-order valence-electron chi connectivity index (χ2n) is 4.72. The monoisotopic (exact) mass is 317 g/mol. The summed E-state index contributed by atoms with van der Waals surface area (Å²) in [6.07, 6.45) is 0.0523. The molecule has 0 fully saturated rings. The van der Waals surface area contributed by atoms with Gasteiger partial charge in [-0.05, 0) is 29.8 Å². The van der Waals surface area contributed by atoms with Gasteiger partial charge in [-0.1, -0.05) is 41.9 Å². The smallest absolute Gasteiger partial charge is 0.307 e. The number of rotatable bonds is 5. The van der Waals surface area contributed by atoms with E-state index >= 15 is 0 Å². The molecule has 0 aliphatic rings. The first-order valence-corrected chi connectivity index (χ1v) is 7.16. The van der Waals surface area contributed by atoms with Crippen LogP contribution in [0.25, 0.3) is 0 Å². The van der Waals surface area contributed by atoms with Crippen molar-refractivity contribution in [3.8, 4) is 0 Å². The molecule has 0 aliphatic carbocycles. The topological polar surface area (TPSA) is 55.4 Å². The number of esters is 1. The van der Waals surface area contributed by atoms with E-state index in [9.17, 15) is 9.59 Å². The quantitative estimate of drug-likeness (QED) is 0.860. The van der Waals surface area contributed by atoms with Crippen molar-refractivity contribution in [1.82, 2.24) is 5.32 Å². The highest BCUT2D eigenvalue weighted by Crippen LogP contribution is 2.20. The first-order valence-electron chi connectivity index (χ1n) is 6.78. The van der Waals surface area contributed by atoms with Gasteiger partial charge in [0.15, 0.2) is 0 Å². The molecule has 0 saturated carbocycles. The predicted octanol–water partition coefficient (Wildman–Crippen LogP) is 3.37. The average Bonchev–Trinajstić information content (AvgIpc) is 2.55. The molecular weight excluding hydrogens is 302 g/mol. The molecule has 0 aliphatic heterocycles. The van der Waals surface area contributed by atoms with Crippen molar-refractivity contribution in [2.24, 2.45) is 0 Å². The van der Waals surface area contributed by atoms with Crippen LogP contribution in [0.3, 0.4) is 0 Å². The van der Waals surface area contributed by atoms with Crippen LogP contribution in [-0.4, -0.2) is 19.0 Å². The second-order valence-corrected chi connectivity index (χ2v) is 5.16. The third-order valence-corrected chi connectivity index (χ3v) is 3.46. The average molecular weight is 318 g/mol. The Morgan fingerprint density at radius 2 is 1.73 bits per heavy atom. The van der Waals surface area contributed by atoms with Crippen LogP contribution in [0.4, 0.5) is 0 Å². The summed E-state index contributed by atoms with van der Waals surface area (Å²) in [5.74, 6) is -0.641. The van der Waals surface area contributed by atoms with Gasteiger partial charge in [0.25, 0.3) is 5.91 Å². The molecule has 1 amide bonds. The Bertz CT molecular complexity index is 641. The van der Waals surface area contributed by atoms with Crippen LogP contribution in [0.5, 0.6) is 0 Å². The van der Waals surface area contributed by atoms with Crippen molar-refractivity contribution in [3.05, 3.63) is 70.7 Å². The van der Waals surface area contributed by atoms with E-state index in [1.165, 1.54) is 7.11 Å². The van der Waals surface area contributed by atoms with E-state index in [1.54, 1.807) is 48.5 Å². The molecule has 1 atom stereocenters. The minimum atomic E-state index is -0.475. The lowest BCUT2D eigenvalue weighted by molar-refractivity contribution is -0.141. The molecular formula is C17H16ClNO3. The zero-order chi connectivity index (χ0) is 15.9. The summed E-state index contributed by atoms with van der Waals surface area (Å²) in [5.41, 5.74) is 1.32. The van der Waals surface area contributed by atoms with E-state index in [0.29, 0.717) is 10.6 Å². The SMILES string of the molecule is COC(=O)CC(NC(=O)c1ccccc1)c1ccc(Cl)cc1. The molecule has 2 aromatic carbocycles. The summed E-state index contributed by atoms with van der Waals surface area (Å²) >= 11 is 5.87. The van der Waals surface area contributed by atoms with Gasteiger partial charge < -0.3 is 10.1 Å². The van der Waals surface area contributed by atoms with Crippen molar-refractivity contribution in [3.63, 3.8) is 0 Å². The summed E-state index contributed by atoms with van der Waals surface area (Å²) in [4.78, 5) is 23.9. The number of hydrogen-bond acceptors (Lipinski definition) is 3. The van der Waals surface area contributed by atoms with Gasteiger partial charge in [0.2, 0.25) is 0 Å². The predicted molar refractivity (Wildman–Crippen MR) is 84.7 cm³/mol. The lowest BCUT2D eigenvalue weighted by atomic mass is 10.0. The molecule has 22 heavy (non-hydrogen) atoms. The maximum atomic E-state index is 12.3. The van der Waals surface area contributed by atoms with Gasteiger partial charge in [0.05, 0.1) is 19.6 Å². The molecule has 0 aromatic heterocycles. The minimum absolute atomic E-state index is 0.0523. The summed E-state index contributed by atoms with van der Waals surface area (Å²) in [6.45, 7) is 0. The summed E-state index contributed by atoms with van der Waals surface area (Å²) in [7, 11) is 1.32. The van der Waals surface area contributed by atoms with Crippen molar-refractivity contribution in [2.75, 3.05) is 7.11 Å². The molecule has 0 spiro atoms. The largest absolute Gasteiger partial charge is 0.469 e. The molecule has 0 radical (unpaired) electrons. The Morgan fingerprint density at radius 3 is 2.32 bits per heavy atom. The van der Waals surface area contributed by atoms with Crippen molar-refractivity contribution in [2.45, 2.75) is 12.5 Å². The number of carbonyl (C=O) groups is 2. The van der Waals surface area contributed by atoms with Crippen molar-refractivity contribution in [1.29, 1.82) is 0 Å². The Labute approximate surface area is 134 Å². The lowest BCUT2D eigenvalue weighted by Crippen LogP contribution is -2.30. The molecule has 4 nitrogen and oxygen atoms in total. The number of nitrogens with one attached hydrogen (secondary N) is 1. The van der Waals surface area contributed by atoms with E-state index in [1.807, 2.05) is 6.07 Å². The summed E-state index contributed by atoms with van der Waals surface area (Å²) in [5, 5.41) is 3.44. The fraction of sp³-hybridized carbons (Fsp3) is 0.176. The van der Waals surface area contributed by atoms with Crippen LogP contribution in [-0.2, 0) is 9.53 Å². The van der Waals surface area contributed by atoms with Gasteiger partial charge in [-0.3, -0.25) is 9.59 Å². The molecule has 2 aromatic rings. The fourth-order valence-electron chi connectivity index (χ4n) is 2.03. The molecule has 0 saturated heterocycles. The zero-order valence-electron chi connectivity index (χ0n) is 12.1. The van der Waals surface area contributed by atoms with Crippen molar-refractivity contribution >= 4 is 23.5 Å². The molecule has 114 valence electrons. The molecule has 2 rings (SSSR count). The Balaban J connectivity index is 2.19. The van der Waals surface area contributed by atoms with Crippen LogP contribution in [0, 0.1) is 0 Å². The number of ether oxygens (including phenoxy) is 1. The fourth-order valence-corrected chi connectivity index (χ4v) is 2.15. The van der Waals surface area contributed by atoms with Crippen LogP contribution in [0.2, 0.25) is 5.02 Å². The van der Waals surface area contributed by atoms with Crippen molar-refractivity contribution < 1.29 is 14.3 Å². The number of amides is 1. The first-order chi connectivity index (χ1) is 10.6. The van der Waals surface area contributed by atoms with Crippen LogP contribution >= 0.6 is 11.6 Å². The maximum absolute atomic E-state index is 12.3. The van der Waals surface area contributed by atoms with E-state index in [4.69, 9.17) is 16.3 Å². The number of benzene rings is 2. The van der Waals surface area contributed by atoms with E-state index in [2.05, 4.69) is 5.32 Å². The summed E-state index contributed by atoms with van der Waals surface area (Å²) in [6, 6.07) is 15.4. The van der Waals surface area contributed by atoms with E-state index in [-0.39, 0.29) is 12.3 Å². The highest BCUT2D eigenvalue weighted by molar-refractivity contribution is 6.30. The second kappa shape index (κ2) is 7.61. The summed E-state index contributed by atoms with van der Waals surface area (Å²) < 4.78 is 4.70. The zero-order valence-corrected chi connectivity index (χ0v) is 12.8. The van der Waals surface area contributed by atoms with E-state index < -0.39 is 12.0 Å². The normalized spacial score (nSPS) is 11.5. The Hall–Kier alpha value is -2.33. The van der Waals surface area contributed by atoms with Gasteiger partial charge in [-0.2, -0.15) is 0 Å². The molecule has 1 N–H and O–H groups in total. The third-order valence-electron chi connectivity index (χ3n) is 3.21. The van der Waals surface area contributed by atoms with E-state index in [0.717, 1.165) is 5.56 Å². The van der Waals surface area contributed by atoms with Gasteiger partial charge in [-0.15, -0.1) is 0 Å². The van der Waals surface area contributed by atoms with Gasteiger partial charge in [-0.25, -0.2) is 0 Å². The number of methoxy groups -OCH3 is 1. The lowest BCUT2D eigenvalue weighted by Gasteiger charge is -2.18. The van der Waals surface area contributed by atoms with Gasteiger partial charge in [0.1, 0.15) is 0 Å². The van der Waals surface area contributed by atoms with Gasteiger partial charge in [0, 0.05) is 10.6 Å². The molecule has 0 bridgehead atoms. The Kier molecular flexibility index (Phi) is 5.55. The number of halogens is 1. The van der Waals surface area contributed by atoms with Crippen LogP contribution < -0.4 is 5.32 Å². The highest BCUT2D eigenvalue weighted by atomic mass is 35.5. The molecule has 1 unspecified atom stereocenters. The Morgan fingerprint density at radius 1 is 1.09 bits per heavy atom. The molecule has 5 heteroatoms. The maximum Gasteiger partial charge on any atom is 0.307 e. The first kappa shape index (κ1) is 16.0. The number of carbonyl (C=O) groups excluding carboxylic acids is 2. The van der Waals surface area contributed by atoms with Gasteiger partial charge >= 0.3 is 5.97 Å². The molecule has 0 heterocycles. The third kappa shape index (κ3) is 4.33. The minimum Gasteiger partial charge on any atom is -0.469 e. The standard InChI is InChI=1S/C17H16ClNO3/c1-22-16(20)11-15(12-7-9-14(18)10-8-12)19-17(21)13-5-3-2-4-6-13/h2-10,15H,11H2,1H3,(H,19,21).